The normalized spacial score (nSPS) is 11.0. The van der Waals surface area contributed by atoms with Crippen LogP contribution in [0.4, 0.5) is 5.69 Å². The van der Waals surface area contributed by atoms with Crippen molar-refractivity contribution in [3.05, 3.63) is 71.4 Å². The van der Waals surface area contributed by atoms with Gasteiger partial charge in [-0.05, 0) is 58.0 Å². The van der Waals surface area contributed by atoms with Crippen molar-refractivity contribution in [3.63, 3.8) is 0 Å². The Kier molecular flexibility index (Phi) is 4.34. The molecule has 1 heterocycles. The van der Waals surface area contributed by atoms with Crippen molar-refractivity contribution in [2.45, 2.75) is 33.7 Å². The fourth-order valence-corrected chi connectivity index (χ4v) is 3.02. The second-order valence-corrected chi connectivity index (χ2v) is 6.44. The highest BCUT2D eigenvalue weighted by Crippen LogP contribution is 2.25. The van der Waals surface area contributed by atoms with Crippen LogP contribution in [0.15, 0.2) is 54.6 Å². The van der Waals surface area contributed by atoms with Crippen molar-refractivity contribution in [2.24, 2.45) is 0 Å². The number of nitrogens with zero attached hydrogens (tertiary/aromatic N) is 2. The largest absolute Gasteiger partial charge is 0.306 e. The summed E-state index contributed by atoms with van der Waals surface area (Å²) in [5.41, 5.74) is 4.46. The lowest BCUT2D eigenvalue weighted by atomic mass is 10.0. The number of amides is 1. The van der Waals surface area contributed by atoms with Gasteiger partial charge in [0, 0.05) is 22.8 Å². The molecule has 1 amide bonds. The lowest BCUT2D eigenvalue weighted by Gasteiger charge is -2.27. The summed E-state index contributed by atoms with van der Waals surface area (Å²) in [6.45, 7) is 8.03. The summed E-state index contributed by atoms with van der Waals surface area (Å²) in [6, 6.07) is 17.8. The monoisotopic (exact) mass is 318 g/mol. The number of hydrogen-bond donors (Lipinski definition) is 0. The van der Waals surface area contributed by atoms with Crippen LogP contribution < -0.4 is 4.90 Å². The van der Waals surface area contributed by atoms with E-state index in [4.69, 9.17) is 0 Å². The number of fused-ring (bicyclic) bond motifs is 1. The first-order valence-electron chi connectivity index (χ1n) is 8.24. The predicted molar refractivity (Wildman–Crippen MR) is 99.6 cm³/mol. The predicted octanol–water partition coefficient (Wildman–Crippen LogP) is 4.91. The molecule has 0 radical (unpaired) electrons. The molecular formula is C21H22N2O. The van der Waals surface area contributed by atoms with Gasteiger partial charge in [-0.25, -0.2) is 0 Å². The first-order valence-corrected chi connectivity index (χ1v) is 8.24. The van der Waals surface area contributed by atoms with Crippen molar-refractivity contribution in [1.82, 2.24) is 4.98 Å². The van der Waals surface area contributed by atoms with E-state index in [-0.39, 0.29) is 11.9 Å². The topological polar surface area (TPSA) is 33.2 Å². The number of pyridine rings is 1. The van der Waals surface area contributed by atoms with Gasteiger partial charge in [0.15, 0.2) is 0 Å². The zero-order valence-corrected chi connectivity index (χ0v) is 14.6. The second kappa shape index (κ2) is 6.44. The van der Waals surface area contributed by atoms with Gasteiger partial charge in [0.05, 0.1) is 11.1 Å². The Morgan fingerprint density at radius 2 is 1.71 bits per heavy atom. The first kappa shape index (κ1) is 16.2. The number of aryl methyl sites for hydroxylation is 2. The summed E-state index contributed by atoms with van der Waals surface area (Å²) < 4.78 is 0. The molecule has 0 bridgehead atoms. The molecule has 122 valence electrons. The number of carbonyl (C=O) groups excluding carboxylic acids is 1. The van der Waals surface area contributed by atoms with Crippen LogP contribution in [-0.2, 0) is 0 Å². The van der Waals surface area contributed by atoms with Crippen LogP contribution in [0, 0.1) is 13.8 Å². The molecule has 3 aromatic rings. The van der Waals surface area contributed by atoms with Gasteiger partial charge >= 0.3 is 0 Å². The highest BCUT2D eigenvalue weighted by Gasteiger charge is 2.23. The third kappa shape index (κ3) is 3.02. The van der Waals surface area contributed by atoms with E-state index in [0.717, 1.165) is 27.8 Å². The summed E-state index contributed by atoms with van der Waals surface area (Å²) in [4.78, 5) is 19.8. The van der Waals surface area contributed by atoms with Crippen LogP contribution >= 0.6 is 0 Å². The SMILES string of the molecule is Cc1ccc2nc(C)cc(C(=O)N(c3ccccc3)C(C)C)c2c1. The molecule has 24 heavy (non-hydrogen) atoms. The maximum Gasteiger partial charge on any atom is 0.259 e. The van der Waals surface area contributed by atoms with E-state index in [1.807, 2.05) is 87.2 Å². The van der Waals surface area contributed by atoms with Gasteiger partial charge in [0.1, 0.15) is 0 Å². The summed E-state index contributed by atoms with van der Waals surface area (Å²) >= 11 is 0. The zero-order chi connectivity index (χ0) is 17.3. The lowest BCUT2D eigenvalue weighted by Crippen LogP contribution is -2.37. The Labute approximate surface area is 143 Å². The molecule has 0 spiro atoms. The van der Waals surface area contributed by atoms with Crippen LogP contribution in [0.25, 0.3) is 10.9 Å². The number of rotatable bonds is 3. The van der Waals surface area contributed by atoms with Crippen molar-refractivity contribution < 1.29 is 4.79 Å². The fourth-order valence-electron chi connectivity index (χ4n) is 3.02. The molecule has 0 saturated heterocycles. The molecule has 0 atom stereocenters. The third-order valence-electron chi connectivity index (χ3n) is 4.09. The van der Waals surface area contributed by atoms with Gasteiger partial charge in [-0.2, -0.15) is 0 Å². The minimum atomic E-state index is 0.0114. The quantitative estimate of drug-likeness (QED) is 0.687. The minimum absolute atomic E-state index is 0.0114. The average Bonchev–Trinajstić information content (AvgIpc) is 2.55. The first-order chi connectivity index (χ1) is 11.5. The number of carbonyl (C=O) groups is 1. The summed E-state index contributed by atoms with van der Waals surface area (Å²) in [7, 11) is 0. The Morgan fingerprint density at radius 3 is 2.38 bits per heavy atom. The number of hydrogen-bond acceptors (Lipinski definition) is 2. The highest BCUT2D eigenvalue weighted by atomic mass is 16.2. The van der Waals surface area contributed by atoms with Crippen LogP contribution in [0.1, 0.15) is 35.5 Å². The molecule has 0 aliphatic heterocycles. The van der Waals surface area contributed by atoms with Crippen LogP contribution in [-0.4, -0.2) is 16.9 Å². The van der Waals surface area contributed by atoms with Crippen molar-refractivity contribution in [2.75, 3.05) is 4.90 Å². The molecule has 3 nitrogen and oxygen atoms in total. The minimum Gasteiger partial charge on any atom is -0.306 e. The molecule has 3 heteroatoms. The molecule has 3 rings (SSSR count). The number of aromatic nitrogens is 1. The Morgan fingerprint density at radius 1 is 1.00 bits per heavy atom. The summed E-state index contributed by atoms with van der Waals surface area (Å²) in [5.74, 6) is 0.0114. The van der Waals surface area contributed by atoms with E-state index < -0.39 is 0 Å². The van der Waals surface area contributed by atoms with Gasteiger partial charge < -0.3 is 4.90 Å². The van der Waals surface area contributed by atoms with E-state index >= 15 is 0 Å². The van der Waals surface area contributed by atoms with Gasteiger partial charge in [-0.3, -0.25) is 9.78 Å². The lowest BCUT2D eigenvalue weighted by molar-refractivity contribution is 0.0981. The molecule has 0 unspecified atom stereocenters. The van der Waals surface area contributed by atoms with Gasteiger partial charge in [0.25, 0.3) is 5.91 Å². The molecule has 1 aromatic heterocycles. The molecule has 0 fully saturated rings. The maximum atomic E-state index is 13.4. The highest BCUT2D eigenvalue weighted by molar-refractivity contribution is 6.14. The Bertz CT molecular complexity index is 885. The molecule has 0 N–H and O–H groups in total. The Hall–Kier alpha value is -2.68. The molecule has 0 aliphatic rings. The van der Waals surface area contributed by atoms with E-state index in [1.165, 1.54) is 0 Å². The van der Waals surface area contributed by atoms with Gasteiger partial charge in [-0.15, -0.1) is 0 Å². The average molecular weight is 318 g/mol. The van der Waals surface area contributed by atoms with Crippen molar-refractivity contribution >= 4 is 22.5 Å². The van der Waals surface area contributed by atoms with Gasteiger partial charge in [-0.1, -0.05) is 29.8 Å². The van der Waals surface area contributed by atoms with Crippen LogP contribution in [0.5, 0.6) is 0 Å². The number of para-hydroxylation sites is 1. The maximum absolute atomic E-state index is 13.4. The summed E-state index contributed by atoms with van der Waals surface area (Å²) in [6.07, 6.45) is 0. The number of anilines is 1. The van der Waals surface area contributed by atoms with E-state index in [1.54, 1.807) is 0 Å². The smallest absolute Gasteiger partial charge is 0.259 e. The van der Waals surface area contributed by atoms with Crippen LogP contribution in [0.2, 0.25) is 0 Å². The Balaban J connectivity index is 2.18. The van der Waals surface area contributed by atoms with Crippen molar-refractivity contribution in [1.29, 1.82) is 0 Å². The van der Waals surface area contributed by atoms with Crippen LogP contribution in [0.3, 0.4) is 0 Å². The number of benzene rings is 2. The van der Waals surface area contributed by atoms with E-state index in [9.17, 15) is 4.79 Å². The third-order valence-corrected chi connectivity index (χ3v) is 4.09. The molecule has 0 saturated carbocycles. The molecular weight excluding hydrogens is 296 g/mol. The molecule has 2 aromatic carbocycles. The second-order valence-electron chi connectivity index (χ2n) is 6.44. The zero-order valence-electron chi connectivity index (χ0n) is 14.6. The van der Waals surface area contributed by atoms with Gasteiger partial charge in [0.2, 0.25) is 0 Å². The fraction of sp³-hybridized carbons (Fsp3) is 0.238. The van der Waals surface area contributed by atoms with E-state index in [2.05, 4.69) is 4.98 Å². The van der Waals surface area contributed by atoms with E-state index in [0.29, 0.717) is 5.56 Å². The molecule has 0 aliphatic carbocycles. The van der Waals surface area contributed by atoms with Crippen molar-refractivity contribution in [3.8, 4) is 0 Å². The summed E-state index contributed by atoms with van der Waals surface area (Å²) in [5, 5.41) is 0.909. The standard InChI is InChI=1S/C21H22N2O/c1-14(2)23(17-8-6-5-7-9-17)21(24)19-13-16(4)22-20-11-10-15(3)12-18(19)20/h5-14H,1-4H3.